The molecule has 0 spiro atoms. The maximum atomic E-state index is 8.85. The van der Waals surface area contributed by atoms with E-state index in [0.717, 1.165) is 6.54 Å². The highest BCUT2D eigenvalue weighted by atomic mass is 16.5. The number of rotatable bonds is 7. The van der Waals surface area contributed by atoms with E-state index in [4.69, 9.17) is 14.4 Å². The Morgan fingerprint density at radius 1 is 1.56 bits per heavy atom. The van der Waals surface area contributed by atoms with Gasteiger partial charge in [-0.3, -0.25) is 4.90 Å². The Morgan fingerprint density at radius 3 is 2.88 bits per heavy atom. The van der Waals surface area contributed by atoms with Gasteiger partial charge in [0.2, 0.25) is 5.89 Å². The molecule has 0 aliphatic rings. The molecule has 92 valence electrons. The summed E-state index contributed by atoms with van der Waals surface area (Å²) < 4.78 is 10.2. The zero-order valence-corrected chi connectivity index (χ0v) is 10.0. The lowest BCUT2D eigenvalue weighted by Crippen LogP contribution is -2.26. The Morgan fingerprint density at radius 2 is 2.31 bits per heavy atom. The molecule has 0 aliphatic carbocycles. The van der Waals surface area contributed by atoms with Gasteiger partial charge in [-0.05, 0) is 13.5 Å². The summed E-state index contributed by atoms with van der Waals surface area (Å²) in [7, 11) is 1.60. The van der Waals surface area contributed by atoms with Crippen molar-refractivity contribution in [1.29, 1.82) is 0 Å². The van der Waals surface area contributed by atoms with Gasteiger partial charge >= 0.3 is 0 Å². The lowest BCUT2D eigenvalue weighted by Gasteiger charge is -2.15. The maximum Gasteiger partial charge on any atom is 0.240 e. The molecule has 1 aromatic rings. The predicted molar refractivity (Wildman–Crippen MR) is 57.8 cm³/mol. The molecule has 1 N–H and O–H groups in total. The number of aliphatic hydroxyl groups is 1. The molecule has 0 aromatic carbocycles. The first-order valence-corrected chi connectivity index (χ1v) is 5.39. The highest BCUT2D eigenvalue weighted by Crippen LogP contribution is 2.12. The third kappa shape index (κ3) is 3.55. The minimum Gasteiger partial charge on any atom is -0.395 e. The van der Waals surface area contributed by atoms with Gasteiger partial charge in [-0.2, -0.15) is 4.98 Å². The second-order valence-electron chi connectivity index (χ2n) is 3.52. The van der Waals surface area contributed by atoms with Crippen LogP contribution in [0.4, 0.5) is 0 Å². The summed E-state index contributed by atoms with van der Waals surface area (Å²) in [6.45, 7) is 6.00. The van der Waals surface area contributed by atoms with Gasteiger partial charge in [0.1, 0.15) is 6.10 Å². The van der Waals surface area contributed by atoms with Crippen LogP contribution in [0.15, 0.2) is 4.52 Å². The van der Waals surface area contributed by atoms with Gasteiger partial charge < -0.3 is 14.4 Å². The van der Waals surface area contributed by atoms with Gasteiger partial charge in [0.05, 0.1) is 13.2 Å². The Balaban J connectivity index is 2.56. The summed E-state index contributed by atoms with van der Waals surface area (Å²) in [5, 5.41) is 12.7. The minimum atomic E-state index is -0.162. The number of ether oxygens (including phenoxy) is 1. The van der Waals surface area contributed by atoms with Crippen LogP contribution in [0, 0.1) is 0 Å². The van der Waals surface area contributed by atoms with Gasteiger partial charge in [0.15, 0.2) is 5.82 Å². The summed E-state index contributed by atoms with van der Waals surface area (Å²) in [5.74, 6) is 1.10. The average Bonchev–Trinajstić information content (AvgIpc) is 2.76. The van der Waals surface area contributed by atoms with Crippen molar-refractivity contribution in [3.63, 3.8) is 0 Å². The van der Waals surface area contributed by atoms with Gasteiger partial charge in [0.25, 0.3) is 0 Å². The number of aliphatic hydroxyl groups excluding tert-OH is 1. The van der Waals surface area contributed by atoms with Crippen LogP contribution in [0.5, 0.6) is 0 Å². The summed E-state index contributed by atoms with van der Waals surface area (Å²) in [4.78, 5) is 6.25. The standard InChI is InChI=1S/C10H19N3O3/c1-4-13(5-6-14)7-9-11-10(12-16-9)8(2)15-3/h8,14H,4-7H2,1-3H3. The molecule has 0 aliphatic heterocycles. The average molecular weight is 229 g/mol. The molecule has 1 unspecified atom stereocenters. The van der Waals surface area contributed by atoms with E-state index in [9.17, 15) is 0 Å². The molecule has 0 bridgehead atoms. The summed E-state index contributed by atoms with van der Waals surface area (Å²) in [6.07, 6.45) is -0.162. The summed E-state index contributed by atoms with van der Waals surface area (Å²) in [5.41, 5.74) is 0. The Kier molecular flexibility index (Phi) is 5.37. The normalized spacial score (nSPS) is 13.3. The second kappa shape index (κ2) is 6.57. The van der Waals surface area contributed by atoms with Crippen LogP contribution in [-0.4, -0.2) is 47.0 Å². The van der Waals surface area contributed by atoms with Crippen molar-refractivity contribution in [1.82, 2.24) is 15.0 Å². The van der Waals surface area contributed by atoms with E-state index < -0.39 is 0 Å². The van der Waals surface area contributed by atoms with Crippen LogP contribution in [0.3, 0.4) is 0 Å². The van der Waals surface area contributed by atoms with Crippen LogP contribution < -0.4 is 0 Å². The van der Waals surface area contributed by atoms with Crippen molar-refractivity contribution in [2.75, 3.05) is 26.8 Å². The number of hydrogen-bond donors (Lipinski definition) is 1. The minimum absolute atomic E-state index is 0.128. The molecule has 0 saturated carbocycles. The molecular weight excluding hydrogens is 210 g/mol. The first-order valence-electron chi connectivity index (χ1n) is 5.39. The highest BCUT2D eigenvalue weighted by molar-refractivity contribution is 4.89. The molecular formula is C10H19N3O3. The third-order valence-corrected chi connectivity index (χ3v) is 2.42. The molecule has 0 amide bonds. The summed E-state index contributed by atoms with van der Waals surface area (Å²) >= 11 is 0. The van der Waals surface area contributed by atoms with E-state index in [-0.39, 0.29) is 12.7 Å². The van der Waals surface area contributed by atoms with Crippen molar-refractivity contribution in [2.45, 2.75) is 26.5 Å². The van der Waals surface area contributed by atoms with Crippen molar-refractivity contribution in [3.8, 4) is 0 Å². The van der Waals surface area contributed by atoms with Crippen LogP contribution >= 0.6 is 0 Å². The van der Waals surface area contributed by atoms with Crippen molar-refractivity contribution < 1.29 is 14.4 Å². The Hall–Kier alpha value is -0.980. The molecule has 6 nitrogen and oxygen atoms in total. The van der Waals surface area contributed by atoms with Crippen LogP contribution in [0.25, 0.3) is 0 Å². The fourth-order valence-electron chi connectivity index (χ4n) is 1.28. The number of aromatic nitrogens is 2. The van der Waals surface area contributed by atoms with Crippen LogP contribution in [0.2, 0.25) is 0 Å². The number of methoxy groups -OCH3 is 1. The Bertz CT molecular complexity index is 303. The quantitative estimate of drug-likeness (QED) is 0.738. The number of likely N-dealkylation sites (N-methyl/N-ethyl adjacent to an activating group) is 1. The van der Waals surface area contributed by atoms with Crippen LogP contribution in [0.1, 0.15) is 31.7 Å². The SMILES string of the molecule is CCN(CCO)Cc1nc(C(C)OC)no1. The second-order valence-corrected chi connectivity index (χ2v) is 3.52. The molecule has 1 rings (SSSR count). The van der Waals surface area contributed by atoms with Crippen LogP contribution in [-0.2, 0) is 11.3 Å². The van der Waals surface area contributed by atoms with E-state index in [1.807, 2.05) is 18.7 Å². The van der Waals surface area contributed by atoms with Gasteiger partial charge in [-0.1, -0.05) is 12.1 Å². The third-order valence-electron chi connectivity index (χ3n) is 2.42. The van der Waals surface area contributed by atoms with E-state index >= 15 is 0 Å². The zero-order chi connectivity index (χ0) is 12.0. The van der Waals surface area contributed by atoms with E-state index in [1.54, 1.807) is 7.11 Å². The lowest BCUT2D eigenvalue weighted by atomic mass is 10.4. The molecule has 1 aromatic heterocycles. The van der Waals surface area contributed by atoms with E-state index in [1.165, 1.54) is 0 Å². The van der Waals surface area contributed by atoms with E-state index in [0.29, 0.717) is 24.8 Å². The smallest absolute Gasteiger partial charge is 0.240 e. The van der Waals surface area contributed by atoms with Crippen molar-refractivity contribution >= 4 is 0 Å². The van der Waals surface area contributed by atoms with Gasteiger partial charge in [-0.15, -0.1) is 0 Å². The van der Waals surface area contributed by atoms with Crippen molar-refractivity contribution in [2.24, 2.45) is 0 Å². The highest BCUT2D eigenvalue weighted by Gasteiger charge is 2.14. The van der Waals surface area contributed by atoms with Gasteiger partial charge in [0, 0.05) is 13.7 Å². The monoisotopic (exact) mass is 229 g/mol. The molecule has 0 saturated heterocycles. The van der Waals surface area contributed by atoms with Gasteiger partial charge in [-0.25, -0.2) is 0 Å². The van der Waals surface area contributed by atoms with Crippen molar-refractivity contribution in [3.05, 3.63) is 11.7 Å². The molecule has 1 atom stereocenters. The zero-order valence-electron chi connectivity index (χ0n) is 10.0. The lowest BCUT2D eigenvalue weighted by molar-refractivity contribution is 0.109. The maximum absolute atomic E-state index is 8.85. The molecule has 6 heteroatoms. The fraction of sp³-hybridized carbons (Fsp3) is 0.800. The molecule has 0 fully saturated rings. The largest absolute Gasteiger partial charge is 0.395 e. The van der Waals surface area contributed by atoms with E-state index in [2.05, 4.69) is 10.1 Å². The number of hydrogen-bond acceptors (Lipinski definition) is 6. The predicted octanol–water partition coefficient (Wildman–Crippen LogP) is 0.591. The Labute approximate surface area is 95.2 Å². The molecule has 16 heavy (non-hydrogen) atoms. The molecule has 1 heterocycles. The fourth-order valence-corrected chi connectivity index (χ4v) is 1.28. The topological polar surface area (TPSA) is 71.6 Å². The first kappa shape index (κ1) is 13.1. The first-order chi connectivity index (χ1) is 7.71. The summed E-state index contributed by atoms with van der Waals surface area (Å²) in [6, 6.07) is 0. The number of nitrogens with zero attached hydrogens (tertiary/aromatic N) is 3. The molecule has 0 radical (unpaired) electrons.